The normalized spacial score (nSPS) is 13.3. The lowest BCUT2D eigenvalue weighted by Gasteiger charge is -2.14. The number of hydrogen-bond donors (Lipinski definition) is 2. The fourth-order valence-corrected chi connectivity index (χ4v) is 3.14. The van der Waals surface area contributed by atoms with Gasteiger partial charge in [-0.25, -0.2) is 18.1 Å². The van der Waals surface area contributed by atoms with E-state index in [4.69, 9.17) is 11.6 Å². The van der Waals surface area contributed by atoms with Crippen LogP contribution in [0, 0.1) is 0 Å². The quantitative estimate of drug-likeness (QED) is 0.843. The molecule has 0 aliphatic carbocycles. The number of hydrogen-bond acceptors (Lipinski definition) is 4. The van der Waals surface area contributed by atoms with Gasteiger partial charge in [0.15, 0.2) is 0 Å². The van der Waals surface area contributed by atoms with Crippen LogP contribution in [-0.2, 0) is 16.6 Å². The zero-order valence-corrected chi connectivity index (χ0v) is 12.1. The van der Waals surface area contributed by atoms with Crippen molar-refractivity contribution in [3.05, 3.63) is 46.4 Å². The monoisotopic (exact) mass is 316 g/mol. The predicted octanol–water partition coefficient (Wildman–Crippen LogP) is 0.592. The molecule has 108 valence electrons. The number of aromatic amines is 1. The highest BCUT2D eigenvalue weighted by molar-refractivity contribution is 7.89. The Kier molecular flexibility index (Phi) is 4.26. The molecule has 9 heteroatoms. The molecule has 0 aliphatic heterocycles. The van der Waals surface area contributed by atoms with Gasteiger partial charge in [0.1, 0.15) is 5.02 Å². The smallest absolute Gasteiger partial charge is 0.266 e. The van der Waals surface area contributed by atoms with Crippen molar-refractivity contribution < 1.29 is 8.42 Å². The number of aromatic nitrogens is 3. The number of pyridine rings is 1. The molecule has 0 fully saturated rings. The molecule has 2 aromatic heterocycles. The summed E-state index contributed by atoms with van der Waals surface area (Å²) in [5.41, 5.74) is -0.530. The first-order valence-corrected chi connectivity index (χ1v) is 7.61. The van der Waals surface area contributed by atoms with E-state index < -0.39 is 15.6 Å². The van der Waals surface area contributed by atoms with Gasteiger partial charge in [-0.05, 0) is 13.0 Å². The van der Waals surface area contributed by atoms with Crippen LogP contribution in [0.5, 0.6) is 0 Å². The van der Waals surface area contributed by atoms with Crippen molar-refractivity contribution in [3.63, 3.8) is 0 Å². The van der Waals surface area contributed by atoms with Crippen molar-refractivity contribution in [1.82, 2.24) is 19.3 Å². The SMILES string of the molecule is CC(Cn1ccnc1)NS(=O)(=O)c1c[nH]c(=O)c(Cl)c1. The third-order valence-corrected chi connectivity index (χ3v) is 4.39. The van der Waals surface area contributed by atoms with E-state index in [1.54, 1.807) is 30.2 Å². The second kappa shape index (κ2) is 5.78. The maximum Gasteiger partial charge on any atom is 0.266 e. The molecule has 2 N–H and O–H groups in total. The van der Waals surface area contributed by atoms with Crippen LogP contribution in [0.1, 0.15) is 6.92 Å². The summed E-state index contributed by atoms with van der Waals surface area (Å²) in [5, 5.41) is -0.171. The first-order chi connectivity index (χ1) is 9.38. The lowest BCUT2D eigenvalue weighted by atomic mass is 10.4. The molecule has 0 aliphatic rings. The molecule has 0 amide bonds. The third-order valence-electron chi connectivity index (χ3n) is 2.54. The van der Waals surface area contributed by atoms with E-state index >= 15 is 0 Å². The molecular weight excluding hydrogens is 304 g/mol. The molecule has 0 saturated carbocycles. The summed E-state index contributed by atoms with van der Waals surface area (Å²) in [6.45, 7) is 2.17. The Bertz CT molecular complexity index is 739. The van der Waals surface area contributed by atoms with Crippen molar-refractivity contribution in [2.24, 2.45) is 0 Å². The first kappa shape index (κ1) is 14.8. The van der Waals surface area contributed by atoms with Gasteiger partial charge < -0.3 is 9.55 Å². The predicted molar refractivity (Wildman–Crippen MR) is 74.1 cm³/mol. The third kappa shape index (κ3) is 3.47. The number of imidazole rings is 1. The van der Waals surface area contributed by atoms with Crippen LogP contribution in [0.25, 0.3) is 0 Å². The molecule has 1 atom stereocenters. The number of sulfonamides is 1. The maximum atomic E-state index is 12.1. The van der Waals surface area contributed by atoms with Crippen LogP contribution in [0.15, 0.2) is 40.7 Å². The summed E-state index contributed by atoms with van der Waals surface area (Å²) in [6.07, 6.45) is 6.06. The molecule has 2 heterocycles. The highest BCUT2D eigenvalue weighted by Gasteiger charge is 2.18. The van der Waals surface area contributed by atoms with Crippen LogP contribution in [-0.4, -0.2) is 29.0 Å². The van der Waals surface area contributed by atoms with Crippen LogP contribution >= 0.6 is 11.6 Å². The standard InChI is InChI=1S/C11H13ClN4O3S/c1-8(6-16-3-2-13-7-16)15-20(18,19)9-4-10(12)11(17)14-5-9/h2-5,7-8,15H,6H2,1H3,(H,14,17). The van der Waals surface area contributed by atoms with E-state index in [1.807, 2.05) is 0 Å². The average Bonchev–Trinajstić information content (AvgIpc) is 2.84. The van der Waals surface area contributed by atoms with Gasteiger partial charge in [-0.2, -0.15) is 0 Å². The van der Waals surface area contributed by atoms with Crippen molar-refractivity contribution in [1.29, 1.82) is 0 Å². The number of halogens is 1. The van der Waals surface area contributed by atoms with Crippen molar-refractivity contribution in [2.75, 3.05) is 0 Å². The minimum atomic E-state index is -3.74. The van der Waals surface area contributed by atoms with Gasteiger partial charge in [0, 0.05) is 31.2 Å². The molecule has 0 spiro atoms. The van der Waals surface area contributed by atoms with E-state index in [1.165, 1.54) is 0 Å². The Morgan fingerprint density at radius 1 is 1.55 bits per heavy atom. The largest absolute Gasteiger partial charge is 0.336 e. The molecule has 0 radical (unpaired) electrons. The van der Waals surface area contributed by atoms with Crippen molar-refractivity contribution in [2.45, 2.75) is 24.4 Å². The Morgan fingerprint density at radius 3 is 2.90 bits per heavy atom. The fourth-order valence-electron chi connectivity index (χ4n) is 1.67. The minimum absolute atomic E-state index is 0.0837. The number of rotatable bonds is 5. The number of nitrogens with one attached hydrogen (secondary N) is 2. The van der Waals surface area contributed by atoms with Gasteiger partial charge in [-0.15, -0.1) is 0 Å². The molecule has 0 bridgehead atoms. The summed E-state index contributed by atoms with van der Waals surface area (Å²) in [7, 11) is -3.74. The number of H-pyrrole nitrogens is 1. The summed E-state index contributed by atoms with van der Waals surface area (Å²) in [6, 6.07) is 0.770. The van der Waals surface area contributed by atoms with E-state index in [9.17, 15) is 13.2 Å². The highest BCUT2D eigenvalue weighted by Crippen LogP contribution is 2.11. The van der Waals surface area contributed by atoms with Crippen molar-refractivity contribution >= 4 is 21.6 Å². The summed E-state index contributed by atoms with van der Waals surface area (Å²) >= 11 is 5.62. The van der Waals surface area contributed by atoms with E-state index in [0.29, 0.717) is 6.54 Å². The highest BCUT2D eigenvalue weighted by atomic mass is 35.5. The number of nitrogens with zero attached hydrogens (tertiary/aromatic N) is 2. The van der Waals surface area contributed by atoms with Crippen LogP contribution in [0.4, 0.5) is 0 Å². The molecule has 7 nitrogen and oxygen atoms in total. The van der Waals surface area contributed by atoms with E-state index in [-0.39, 0.29) is 16.0 Å². The minimum Gasteiger partial charge on any atom is -0.336 e. The Labute approximate surface area is 120 Å². The average molecular weight is 317 g/mol. The van der Waals surface area contributed by atoms with Gasteiger partial charge in [-0.1, -0.05) is 11.6 Å². The van der Waals surface area contributed by atoms with Gasteiger partial charge in [0.2, 0.25) is 10.0 Å². The zero-order chi connectivity index (χ0) is 14.8. The molecule has 2 aromatic rings. The van der Waals surface area contributed by atoms with Gasteiger partial charge >= 0.3 is 0 Å². The summed E-state index contributed by atoms with van der Waals surface area (Å²) < 4.78 is 28.5. The fraction of sp³-hybridized carbons (Fsp3) is 0.273. The Balaban J connectivity index is 2.14. The molecular formula is C11H13ClN4O3S. The Hall–Kier alpha value is -1.64. The lowest BCUT2D eigenvalue weighted by molar-refractivity contribution is 0.520. The van der Waals surface area contributed by atoms with E-state index in [0.717, 1.165) is 12.3 Å². The molecule has 0 aromatic carbocycles. The molecule has 2 rings (SSSR count). The summed E-state index contributed by atoms with van der Waals surface area (Å²) in [4.78, 5) is 17.2. The second-order valence-electron chi connectivity index (χ2n) is 4.29. The molecule has 20 heavy (non-hydrogen) atoms. The summed E-state index contributed by atoms with van der Waals surface area (Å²) in [5.74, 6) is 0. The van der Waals surface area contributed by atoms with E-state index in [2.05, 4.69) is 14.7 Å². The zero-order valence-electron chi connectivity index (χ0n) is 10.6. The maximum absolute atomic E-state index is 12.1. The van der Waals surface area contributed by atoms with Crippen LogP contribution in [0.3, 0.4) is 0 Å². The Morgan fingerprint density at radius 2 is 2.30 bits per heavy atom. The topological polar surface area (TPSA) is 96.8 Å². The molecule has 1 unspecified atom stereocenters. The van der Waals surface area contributed by atoms with Crippen LogP contribution < -0.4 is 10.3 Å². The van der Waals surface area contributed by atoms with Crippen molar-refractivity contribution in [3.8, 4) is 0 Å². The van der Waals surface area contributed by atoms with Gasteiger partial charge in [0.25, 0.3) is 5.56 Å². The molecule has 0 saturated heterocycles. The lowest BCUT2D eigenvalue weighted by Crippen LogP contribution is -2.35. The van der Waals surface area contributed by atoms with Crippen LogP contribution in [0.2, 0.25) is 5.02 Å². The first-order valence-electron chi connectivity index (χ1n) is 5.75. The second-order valence-corrected chi connectivity index (χ2v) is 6.42. The van der Waals surface area contributed by atoms with Gasteiger partial charge in [0.05, 0.1) is 11.2 Å². The van der Waals surface area contributed by atoms with Gasteiger partial charge in [-0.3, -0.25) is 4.79 Å².